The van der Waals surface area contributed by atoms with Gasteiger partial charge < -0.3 is 10.3 Å². The lowest BCUT2D eigenvalue weighted by atomic mass is 9.96. The van der Waals surface area contributed by atoms with Gasteiger partial charge in [0, 0.05) is 29.8 Å². The van der Waals surface area contributed by atoms with E-state index in [2.05, 4.69) is 21.4 Å². The smallest absolute Gasteiger partial charge is 0.251 e. The summed E-state index contributed by atoms with van der Waals surface area (Å²) in [5.74, 6) is 1.15. The van der Waals surface area contributed by atoms with Crippen molar-refractivity contribution in [1.82, 2.24) is 15.3 Å². The fraction of sp³-hybridized carbons (Fsp3) is 0.429. The average molecular weight is 275 g/mol. The van der Waals surface area contributed by atoms with Crippen molar-refractivity contribution in [2.75, 3.05) is 13.1 Å². The van der Waals surface area contributed by atoms with Crippen LogP contribution < -0.4 is 10.9 Å². The molecule has 0 aliphatic carbocycles. The van der Waals surface area contributed by atoms with Crippen LogP contribution in [0.5, 0.6) is 0 Å². The number of hydrogen-bond acceptors (Lipinski definition) is 4. The second kappa shape index (κ2) is 5.67. The maximum atomic E-state index is 11.8. The number of hydrogen-bond donors (Lipinski definition) is 2. The zero-order valence-electron chi connectivity index (χ0n) is 10.7. The molecule has 1 unspecified atom stereocenters. The van der Waals surface area contributed by atoms with E-state index >= 15 is 0 Å². The molecule has 0 amide bonds. The highest BCUT2D eigenvalue weighted by molar-refractivity contribution is 7.09. The number of aromatic nitrogens is 2. The molecule has 0 saturated carbocycles. The summed E-state index contributed by atoms with van der Waals surface area (Å²) in [6.45, 7) is 2.00. The van der Waals surface area contributed by atoms with Crippen LogP contribution in [0.1, 0.15) is 35.2 Å². The fourth-order valence-electron chi connectivity index (χ4n) is 2.50. The second-order valence-electron chi connectivity index (χ2n) is 4.92. The fourth-order valence-corrected chi connectivity index (χ4v) is 3.21. The van der Waals surface area contributed by atoms with E-state index in [0.717, 1.165) is 37.4 Å². The zero-order valence-corrected chi connectivity index (χ0v) is 11.5. The molecule has 2 aromatic heterocycles. The number of nitrogens with one attached hydrogen (secondary N) is 2. The molecule has 1 atom stereocenters. The Hall–Kier alpha value is -1.46. The maximum absolute atomic E-state index is 11.8. The normalized spacial score (nSPS) is 19.5. The van der Waals surface area contributed by atoms with E-state index in [-0.39, 0.29) is 5.56 Å². The van der Waals surface area contributed by atoms with Crippen molar-refractivity contribution in [3.8, 4) is 0 Å². The van der Waals surface area contributed by atoms with E-state index in [4.69, 9.17) is 0 Å². The van der Waals surface area contributed by atoms with E-state index in [9.17, 15) is 4.79 Å². The topological polar surface area (TPSA) is 57.8 Å². The summed E-state index contributed by atoms with van der Waals surface area (Å²) in [5.41, 5.74) is 0.893. The van der Waals surface area contributed by atoms with Crippen molar-refractivity contribution in [2.45, 2.75) is 25.2 Å². The van der Waals surface area contributed by atoms with Crippen LogP contribution in [-0.2, 0) is 6.42 Å². The SMILES string of the molecule is O=c1cc(C2CCCNC2)nc(Cc2cccs2)[nH]1. The summed E-state index contributed by atoms with van der Waals surface area (Å²) in [6, 6.07) is 5.74. The predicted octanol–water partition coefficient (Wildman–Crippen LogP) is 1.89. The highest BCUT2D eigenvalue weighted by atomic mass is 32.1. The van der Waals surface area contributed by atoms with Crippen molar-refractivity contribution in [1.29, 1.82) is 0 Å². The molecule has 19 heavy (non-hydrogen) atoms. The number of aromatic amines is 1. The summed E-state index contributed by atoms with van der Waals surface area (Å²) < 4.78 is 0. The summed E-state index contributed by atoms with van der Waals surface area (Å²) >= 11 is 1.69. The summed E-state index contributed by atoms with van der Waals surface area (Å²) in [6.07, 6.45) is 2.97. The van der Waals surface area contributed by atoms with Gasteiger partial charge in [-0.05, 0) is 30.8 Å². The van der Waals surface area contributed by atoms with E-state index < -0.39 is 0 Å². The van der Waals surface area contributed by atoms with Gasteiger partial charge in [-0.2, -0.15) is 0 Å². The van der Waals surface area contributed by atoms with Crippen molar-refractivity contribution in [3.63, 3.8) is 0 Å². The number of H-pyrrole nitrogens is 1. The molecule has 4 nitrogen and oxygen atoms in total. The molecule has 1 saturated heterocycles. The molecule has 1 aliphatic rings. The lowest BCUT2D eigenvalue weighted by molar-refractivity contribution is 0.453. The molecule has 0 radical (unpaired) electrons. The first-order valence-electron chi connectivity index (χ1n) is 6.64. The van der Waals surface area contributed by atoms with E-state index in [1.54, 1.807) is 17.4 Å². The maximum Gasteiger partial charge on any atom is 0.251 e. The van der Waals surface area contributed by atoms with Gasteiger partial charge in [0.2, 0.25) is 0 Å². The van der Waals surface area contributed by atoms with Crippen molar-refractivity contribution in [2.24, 2.45) is 0 Å². The van der Waals surface area contributed by atoms with Crippen LogP contribution in [0.15, 0.2) is 28.4 Å². The third kappa shape index (κ3) is 3.11. The first kappa shape index (κ1) is 12.6. The molecule has 0 aromatic carbocycles. The van der Waals surface area contributed by atoms with E-state index in [0.29, 0.717) is 12.3 Å². The predicted molar refractivity (Wildman–Crippen MR) is 76.8 cm³/mol. The van der Waals surface area contributed by atoms with Crippen LogP contribution >= 0.6 is 11.3 Å². The number of rotatable bonds is 3. The molecule has 3 rings (SSSR count). The molecule has 1 fully saturated rings. The van der Waals surface area contributed by atoms with Gasteiger partial charge >= 0.3 is 0 Å². The molecule has 2 N–H and O–H groups in total. The molecular weight excluding hydrogens is 258 g/mol. The van der Waals surface area contributed by atoms with E-state index in [1.807, 2.05) is 11.4 Å². The molecular formula is C14H17N3OS. The summed E-state index contributed by atoms with van der Waals surface area (Å²) in [5, 5.41) is 5.41. The van der Waals surface area contributed by atoms with Gasteiger partial charge in [0.15, 0.2) is 0 Å². The van der Waals surface area contributed by atoms with Crippen molar-refractivity contribution < 1.29 is 0 Å². The largest absolute Gasteiger partial charge is 0.316 e. The molecule has 0 bridgehead atoms. The lowest BCUT2D eigenvalue weighted by Gasteiger charge is -2.22. The lowest BCUT2D eigenvalue weighted by Crippen LogP contribution is -2.30. The van der Waals surface area contributed by atoms with Gasteiger partial charge in [0.05, 0.1) is 5.69 Å². The van der Waals surface area contributed by atoms with Gasteiger partial charge in [-0.3, -0.25) is 4.79 Å². The Bertz CT molecular complexity index is 585. The third-order valence-corrected chi connectivity index (χ3v) is 4.32. The van der Waals surface area contributed by atoms with Crippen LogP contribution in [0.4, 0.5) is 0 Å². The van der Waals surface area contributed by atoms with Crippen molar-refractivity contribution >= 4 is 11.3 Å². The number of nitrogens with zero attached hydrogens (tertiary/aromatic N) is 1. The molecule has 2 aromatic rings. The van der Waals surface area contributed by atoms with Crippen LogP contribution in [-0.4, -0.2) is 23.1 Å². The van der Waals surface area contributed by atoms with Crippen LogP contribution in [0.3, 0.4) is 0 Å². The number of piperidine rings is 1. The minimum atomic E-state index is -0.0397. The Morgan fingerprint density at radius 1 is 1.47 bits per heavy atom. The van der Waals surface area contributed by atoms with Gasteiger partial charge in [-0.1, -0.05) is 6.07 Å². The van der Waals surface area contributed by atoms with Gasteiger partial charge in [0.25, 0.3) is 5.56 Å². The minimum absolute atomic E-state index is 0.0397. The van der Waals surface area contributed by atoms with Gasteiger partial charge in [-0.25, -0.2) is 4.98 Å². The van der Waals surface area contributed by atoms with Crippen LogP contribution in [0.25, 0.3) is 0 Å². The Morgan fingerprint density at radius 2 is 2.42 bits per heavy atom. The van der Waals surface area contributed by atoms with Gasteiger partial charge in [-0.15, -0.1) is 11.3 Å². The second-order valence-corrected chi connectivity index (χ2v) is 5.95. The van der Waals surface area contributed by atoms with E-state index in [1.165, 1.54) is 4.88 Å². The summed E-state index contributed by atoms with van der Waals surface area (Å²) in [4.78, 5) is 20.5. The Kier molecular flexibility index (Phi) is 3.75. The first-order chi connectivity index (χ1) is 9.31. The molecule has 3 heterocycles. The Balaban J connectivity index is 1.85. The molecule has 5 heteroatoms. The highest BCUT2D eigenvalue weighted by Gasteiger charge is 2.17. The highest BCUT2D eigenvalue weighted by Crippen LogP contribution is 2.21. The molecule has 100 valence electrons. The minimum Gasteiger partial charge on any atom is -0.316 e. The number of thiophene rings is 1. The third-order valence-electron chi connectivity index (χ3n) is 3.45. The van der Waals surface area contributed by atoms with Gasteiger partial charge in [0.1, 0.15) is 5.82 Å². The van der Waals surface area contributed by atoms with Crippen molar-refractivity contribution in [3.05, 3.63) is 50.3 Å². The summed E-state index contributed by atoms with van der Waals surface area (Å²) in [7, 11) is 0. The Labute approximate surface area is 115 Å². The Morgan fingerprint density at radius 3 is 3.16 bits per heavy atom. The average Bonchev–Trinajstić information content (AvgIpc) is 2.92. The van der Waals surface area contributed by atoms with Crippen LogP contribution in [0, 0.1) is 0 Å². The standard InChI is InChI=1S/C14H17N3OS/c18-14-8-12(10-3-1-5-15-9-10)16-13(17-14)7-11-4-2-6-19-11/h2,4,6,8,10,15H,1,3,5,7,9H2,(H,16,17,18). The molecule has 0 spiro atoms. The quantitative estimate of drug-likeness (QED) is 0.899. The monoisotopic (exact) mass is 275 g/mol. The first-order valence-corrected chi connectivity index (χ1v) is 7.52. The zero-order chi connectivity index (χ0) is 13.1. The molecule has 1 aliphatic heterocycles. The van der Waals surface area contributed by atoms with Crippen LogP contribution in [0.2, 0.25) is 0 Å².